The quantitative estimate of drug-likeness (QED) is 0.346. The van der Waals surface area contributed by atoms with Crippen LogP contribution in [0.3, 0.4) is 0 Å². The van der Waals surface area contributed by atoms with Crippen LogP contribution in [0.25, 0.3) is 0 Å². The first-order valence-electron chi connectivity index (χ1n) is 7.71. The smallest absolute Gasteiger partial charge is 0.191 e. The van der Waals surface area contributed by atoms with E-state index in [-0.39, 0.29) is 30.0 Å². The Morgan fingerprint density at radius 2 is 1.71 bits per heavy atom. The summed E-state index contributed by atoms with van der Waals surface area (Å²) in [6, 6.07) is 1.35. The molecule has 0 bridgehead atoms. The summed E-state index contributed by atoms with van der Waals surface area (Å²) in [5, 5.41) is 6.62. The van der Waals surface area contributed by atoms with Crippen molar-refractivity contribution in [1.82, 2.24) is 15.5 Å². The summed E-state index contributed by atoms with van der Waals surface area (Å²) >= 11 is 0. The van der Waals surface area contributed by atoms with E-state index in [0.29, 0.717) is 18.7 Å². The van der Waals surface area contributed by atoms with Crippen LogP contribution in [0.4, 0.5) is 0 Å². The fourth-order valence-electron chi connectivity index (χ4n) is 2.24. The molecule has 0 aromatic rings. The minimum atomic E-state index is 0. The molecule has 0 amide bonds. The van der Waals surface area contributed by atoms with E-state index < -0.39 is 0 Å². The van der Waals surface area contributed by atoms with Gasteiger partial charge in [-0.1, -0.05) is 0 Å². The molecule has 0 saturated carbocycles. The fraction of sp³-hybridized carbons (Fsp3) is 0.933. The second-order valence-electron chi connectivity index (χ2n) is 5.69. The lowest BCUT2D eigenvalue weighted by Gasteiger charge is -2.29. The standard InChI is InChI=1S/C15H34N4O.HI/c1-8-16-15(18-14(6)11-20-7)17-9-10-19(12(2)3)13(4)5;/h12-14H,8-11H2,1-7H3,(H2,16,17,18);1H. The van der Waals surface area contributed by atoms with E-state index in [9.17, 15) is 0 Å². The van der Waals surface area contributed by atoms with Crippen LogP contribution in [-0.4, -0.2) is 62.3 Å². The molecule has 0 saturated heterocycles. The van der Waals surface area contributed by atoms with Crippen molar-refractivity contribution < 1.29 is 4.74 Å². The molecule has 0 heterocycles. The molecule has 0 radical (unpaired) electrons. The Labute approximate surface area is 148 Å². The number of nitrogens with one attached hydrogen (secondary N) is 2. The third-order valence-corrected chi connectivity index (χ3v) is 3.10. The molecule has 0 fully saturated rings. The number of rotatable bonds is 9. The highest BCUT2D eigenvalue weighted by Crippen LogP contribution is 2.03. The zero-order chi connectivity index (χ0) is 15.5. The highest BCUT2D eigenvalue weighted by Gasteiger charge is 2.12. The predicted octanol–water partition coefficient (Wildman–Crippen LogP) is 2.31. The molecule has 128 valence electrons. The summed E-state index contributed by atoms with van der Waals surface area (Å²) in [7, 11) is 1.71. The third-order valence-electron chi connectivity index (χ3n) is 3.10. The first-order chi connectivity index (χ1) is 9.42. The monoisotopic (exact) mass is 414 g/mol. The van der Waals surface area contributed by atoms with Crippen molar-refractivity contribution >= 4 is 29.9 Å². The Bertz CT molecular complexity index is 264. The highest BCUT2D eigenvalue weighted by molar-refractivity contribution is 14.0. The molecule has 21 heavy (non-hydrogen) atoms. The molecule has 0 aromatic carbocycles. The first-order valence-corrected chi connectivity index (χ1v) is 7.71. The molecule has 2 N–H and O–H groups in total. The van der Waals surface area contributed by atoms with Crippen LogP contribution in [0.2, 0.25) is 0 Å². The molecule has 0 aliphatic rings. The molecule has 6 heteroatoms. The molecule has 1 unspecified atom stereocenters. The Morgan fingerprint density at radius 3 is 2.14 bits per heavy atom. The van der Waals surface area contributed by atoms with E-state index in [2.05, 4.69) is 62.1 Å². The average molecular weight is 414 g/mol. The van der Waals surface area contributed by atoms with Crippen LogP contribution in [0.1, 0.15) is 41.5 Å². The lowest BCUT2D eigenvalue weighted by atomic mass is 10.2. The van der Waals surface area contributed by atoms with Crippen LogP contribution in [-0.2, 0) is 4.74 Å². The van der Waals surface area contributed by atoms with Crippen molar-refractivity contribution in [1.29, 1.82) is 0 Å². The highest BCUT2D eigenvalue weighted by atomic mass is 127. The summed E-state index contributed by atoms with van der Waals surface area (Å²) in [4.78, 5) is 7.09. The molecule has 0 aliphatic carbocycles. The van der Waals surface area contributed by atoms with Crippen molar-refractivity contribution in [3.8, 4) is 0 Å². The molecule has 0 spiro atoms. The van der Waals surface area contributed by atoms with Gasteiger partial charge in [0.2, 0.25) is 0 Å². The zero-order valence-corrected chi connectivity index (χ0v) is 17.1. The number of hydrogen-bond donors (Lipinski definition) is 2. The molecule has 0 aromatic heterocycles. The van der Waals surface area contributed by atoms with Crippen molar-refractivity contribution in [3.63, 3.8) is 0 Å². The van der Waals surface area contributed by atoms with Crippen LogP contribution >= 0.6 is 24.0 Å². The topological polar surface area (TPSA) is 48.9 Å². The van der Waals surface area contributed by atoms with Crippen LogP contribution < -0.4 is 10.6 Å². The molecular formula is C15H35IN4O. The largest absolute Gasteiger partial charge is 0.383 e. The van der Waals surface area contributed by atoms with E-state index in [1.807, 2.05) is 0 Å². The van der Waals surface area contributed by atoms with E-state index in [4.69, 9.17) is 4.74 Å². The SMILES string of the molecule is CCNC(=NCCN(C(C)C)C(C)C)NC(C)COC.I. The van der Waals surface area contributed by atoms with Gasteiger partial charge in [0.05, 0.1) is 13.2 Å². The molecule has 0 aliphatic heterocycles. The number of nitrogens with zero attached hydrogens (tertiary/aromatic N) is 2. The van der Waals surface area contributed by atoms with Gasteiger partial charge in [-0.25, -0.2) is 0 Å². The summed E-state index contributed by atoms with van der Waals surface area (Å²) in [5.74, 6) is 0.865. The fourth-order valence-corrected chi connectivity index (χ4v) is 2.24. The Morgan fingerprint density at radius 1 is 1.14 bits per heavy atom. The van der Waals surface area contributed by atoms with Crippen LogP contribution in [0, 0.1) is 0 Å². The average Bonchev–Trinajstić information content (AvgIpc) is 2.33. The predicted molar refractivity (Wildman–Crippen MR) is 103 cm³/mol. The minimum absolute atomic E-state index is 0. The number of halogens is 1. The van der Waals surface area contributed by atoms with Crippen molar-refractivity contribution in [2.45, 2.75) is 59.7 Å². The van der Waals surface area contributed by atoms with Gasteiger partial charge in [-0.3, -0.25) is 9.89 Å². The second-order valence-corrected chi connectivity index (χ2v) is 5.69. The van der Waals surface area contributed by atoms with Crippen molar-refractivity contribution in [2.75, 3.05) is 33.4 Å². The van der Waals surface area contributed by atoms with Gasteiger partial charge in [-0.2, -0.15) is 0 Å². The Hall–Kier alpha value is -0.0800. The van der Waals surface area contributed by atoms with Gasteiger partial charge in [0.1, 0.15) is 0 Å². The third kappa shape index (κ3) is 11.2. The Kier molecular flexibility index (Phi) is 15.0. The van der Waals surface area contributed by atoms with Crippen molar-refractivity contribution in [3.05, 3.63) is 0 Å². The van der Waals surface area contributed by atoms with Gasteiger partial charge < -0.3 is 15.4 Å². The maximum absolute atomic E-state index is 5.13. The number of hydrogen-bond acceptors (Lipinski definition) is 3. The maximum Gasteiger partial charge on any atom is 0.191 e. The van der Waals surface area contributed by atoms with Gasteiger partial charge in [0, 0.05) is 38.3 Å². The van der Waals surface area contributed by atoms with E-state index in [0.717, 1.165) is 25.6 Å². The minimum Gasteiger partial charge on any atom is -0.383 e. The van der Waals surface area contributed by atoms with Gasteiger partial charge in [0.15, 0.2) is 5.96 Å². The second kappa shape index (κ2) is 13.6. The van der Waals surface area contributed by atoms with E-state index >= 15 is 0 Å². The maximum atomic E-state index is 5.13. The number of aliphatic imine (C=N–C) groups is 1. The lowest BCUT2D eigenvalue weighted by molar-refractivity contribution is 0.178. The van der Waals surface area contributed by atoms with Gasteiger partial charge in [-0.05, 0) is 41.5 Å². The van der Waals surface area contributed by atoms with E-state index in [1.54, 1.807) is 7.11 Å². The summed E-state index contributed by atoms with van der Waals surface area (Å²) in [5.41, 5.74) is 0. The van der Waals surface area contributed by atoms with Crippen LogP contribution in [0.15, 0.2) is 4.99 Å². The molecule has 5 nitrogen and oxygen atoms in total. The van der Waals surface area contributed by atoms with Crippen LogP contribution in [0.5, 0.6) is 0 Å². The Balaban J connectivity index is 0. The molecular weight excluding hydrogens is 379 g/mol. The molecule has 0 rings (SSSR count). The number of ether oxygens (including phenoxy) is 1. The first kappa shape index (κ1) is 23.2. The van der Waals surface area contributed by atoms with Gasteiger partial charge in [-0.15, -0.1) is 24.0 Å². The lowest BCUT2D eigenvalue weighted by Crippen LogP contribution is -2.44. The zero-order valence-electron chi connectivity index (χ0n) is 14.8. The summed E-state index contributed by atoms with van der Waals surface area (Å²) in [6.07, 6.45) is 0. The molecule has 1 atom stereocenters. The van der Waals surface area contributed by atoms with E-state index in [1.165, 1.54) is 0 Å². The van der Waals surface area contributed by atoms with Crippen molar-refractivity contribution in [2.24, 2.45) is 4.99 Å². The summed E-state index contributed by atoms with van der Waals surface area (Å²) < 4.78 is 5.13. The normalized spacial score (nSPS) is 13.5. The van der Waals surface area contributed by atoms with Gasteiger partial charge >= 0.3 is 0 Å². The number of methoxy groups -OCH3 is 1. The number of guanidine groups is 1. The summed E-state index contributed by atoms with van der Waals surface area (Å²) in [6.45, 7) is 16.4. The van der Waals surface area contributed by atoms with Gasteiger partial charge in [0.25, 0.3) is 0 Å².